The summed E-state index contributed by atoms with van der Waals surface area (Å²) in [5.41, 5.74) is 7.24. The Hall–Kier alpha value is -3.35. The Kier molecular flexibility index (Phi) is 6.10. The van der Waals surface area contributed by atoms with Gasteiger partial charge in [-0.1, -0.05) is 30.8 Å². The molecule has 2 amide bonds. The molecule has 1 saturated heterocycles. The number of rotatable bonds is 7. The molecule has 1 fully saturated rings. The second-order valence-electron chi connectivity index (χ2n) is 7.71. The smallest absolute Gasteiger partial charge is 0.411 e. The number of ether oxygens (including phenoxy) is 1. The molecule has 158 valence electrons. The van der Waals surface area contributed by atoms with Crippen LogP contribution in [0.3, 0.4) is 0 Å². The average Bonchev–Trinajstić information content (AvgIpc) is 2.74. The highest BCUT2D eigenvalue weighted by Gasteiger charge is 2.40. The standard InChI is InChI=1S/C23H27N3O4/c1-4-23(12-11-20(24)27)13-14-26(22(29)30-23)16(2)17-5-7-18(8-6-17)19-9-10-21(28)25(3)15-19/h4-10,15-16H,1,11-14H2,2-3H3,(H2,24,27)/t16-,23+/m0/s1. The molecular formula is C23H27N3O4. The topological polar surface area (TPSA) is 94.6 Å². The molecule has 0 unspecified atom stereocenters. The molecule has 3 rings (SSSR count). The van der Waals surface area contributed by atoms with E-state index in [4.69, 9.17) is 10.5 Å². The summed E-state index contributed by atoms with van der Waals surface area (Å²) in [4.78, 5) is 37.1. The lowest BCUT2D eigenvalue weighted by molar-refractivity contribution is -0.119. The maximum absolute atomic E-state index is 12.7. The summed E-state index contributed by atoms with van der Waals surface area (Å²) in [5, 5.41) is 0. The minimum Gasteiger partial charge on any atom is -0.438 e. The Morgan fingerprint density at radius 1 is 1.23 bits per heavy atom. The van der Waals surface area contributed by atoms with E-state index in [9.17, 15) is 14.4 Å². The monoisotopic (exact) mass is 409 g/mol. The van der Waals surface area contributed by atoms with Crippen LogP contribution in [0.5, 0.6) is 0 Å². The first kappa shape index (κ1) is 21.4. The van der Waals surface area contributed by atoms with Gasteiger partial charge in [0.05, 0.1) is 6.04 Å². The van der Waals surface area contributed by atoms with Crippen LogP contribution >= 0.6 is 0 Å². The summed E-state index contributed by atoms with van der Waals surface area (Å²) < 4.78 is 7.22. The van der Waals surface area contributed by atoms with Crippen molar-refractivity contribution in [2.75, 3.05) is 6.54 Å². The molecule has 1 aliphatic rings. The number of carbonyl (C=O) groups is 2. The van der Waals surface area contributed by atoms with Crippen LogP contribution in [-0.4, -0.2) is 33.6 Å². The van der Waals surface area contributed by atoms with Crippen molar-refractivity contribution < 1.29 is 14.3 Å². The van der Waals surface area contributed by atoms with E-state index in [1.54, 1.807) is 40.9 Å². The molecule has 2 heterocycles. The number of nitrogens with zero attached hydrogens (tertiary/aromatic N) is 2. The van der Waals surface area contributed by atoms with Crippen molar-refractivity contribution in [1.82, 2.24) is 9.47 Å². The van der Waals surface area contributed by atoms with E-state index in [1.807, 2.05) is 31.2 Å². The third kappa shape index (κ3) is 4.45. The lowest BCUT2D eigenvalue weighted by Gasteiger charge is -2.41. The van der Waals surface area contributed by atoms with Crippen molar-refractivity contribution in [2.45, 2.75) is 37.8 Å². The second kappa shape index (κ2) is 8.57. The molecule has 0 bridgehead atoms. The number of amides is 2. The molecule has 1 aromatic heterocycles. The van der Waals surface area contributed by atoms with Crippen molar-refractivity contribution in [3.8, 4) is 11.1 Å². The Bertz CT molecular complexity index is 1010. The van der Waals surface area contributed by atoms with E-state index in [1.165, 1.54) is 0 Å². The van der Waals surface area contributed by atoms with Crippen LogP contribution in [0.4, 0.5) is 4.79 Å². The van der Waals surface area contributed by atoms with Crippen molar-refractivity contribution in [2.24, 2.45) is 12.8 Å². The van der Waals surface area contributed by atoms with E-state index < -0.39 is 17.6 Å². The molecule has 2 atom stereocenters. The summed E-state index contributed by atoms with van der Waals surface area (Å²) in [6.07, 6.45) is 3.99. The molecule has 2 aromatic rings. The van der Waals surface area contributed by atoms with Gasteiger partial charge in [-0.3, -0.25) is 9.59 Å². The van der Waals surface area contributed by atoms with E-state index in [0.717, 1.165) is 16.7 Å². The van der Waals surface area contributed by atoms with Gasteiger partial charge in [0.1, 0.15) is 5.60 Å². The number of aryl methyl sites for hydroxylation is 1. The number of hydrogen-bond donors (Lipinski definition) is 1. The van der Waals surface area contributed by atoms with Gasteiger partial charge < -0.3 is 19.9 Å². The number of aromatic nitrogens is 1. The van der Waals surface area contributed by atoms with E-state index >= 15 is 0 Å². The van der Waals surface area contributed by atoms with Gasteiger partial charge in [-0.25, -0.2) is 4.79 Å². The van der Waals surface area contributed by atoms with Gasteiger partial charge in [-0.15, -0.1) is 0 Å². The van der Waals surface area contributed by atoms with Crippen LogP contribution < -0.4 is 11.3 Å². The Balaban J connectivity index is 1.72. The van der Waals surface area contributed by atoms with Crippen molar-refractivity contribution in [3.63, 3.8) is 0 Å². The highest BCUT2D eigenvalue weighted by Crippen LogP contribution is 2.34. The van der Waals surface area contributed by atoms with Crippen LogP contribution in [0, 0.1) is 0 Å². The number of benzene rings is 1. The summed E-state index contributed by atoms with van der Waals surface area (Å²) in [6, 6.07) is 11.1. The number of nitrogens with two attached hydrogens (primary N) is 1. The molecule has 0 spiro atoms. The van der Waals surface area contributed by atoms with Gasteiger partial charge in [-0.05, 0) is 42.2 Å². The maximum Gasteiger partial charge on any atom is 0.411 e. The SMILES string of the molecule is C=C[C@@]1(CCC(N)=O)CCN([C@@H](C)c2ccc(-c3ccc(=O)n(C)c3)cc2)C(=O)O1. The fourth-order valence-electron chi connectivity index (χ4n) is 3.69. The normalized spacial score (nSPS) is 19.8. The number of hydrogen-bond acceptors (Lipinski definition) is 4. The highest BCUT2D eigenvalue weighted by molar-refractivity contribution is 5.74. The Morgan fingerprint density at radius 3 is 2.47 bits per heavy atom. The van der Waals surface area contributed by atoms with Crippen molar-refractivity contribution in [3.05, 3.63) is 71.2 Å². The zero-order chi connectivity index (χ0) is 21.9. The predicted molar refractivity (Wildman–Crippen MR) is 115 cm³/mol. The molecular weight excluding hydrogens is 382 g/mol. The fourth-order valence-corrected chi connectivity index (χ4v) is 3.69. The van der Waals surface area contributed by atoms with Crippen molar-refractivity contribution in [1.29, 1.82) is 0 Å². The zero-order valence-electron chi connectivity index (χ0n) is 17.3. The Morgan fingerprint density at radius 2 is 1.90 bits per heavy atom. The largest absolute Gasteiger partial charge is 0.438 e. The quantitative estimate of drug-likeness (QED) is 0.711. The summed E-state index contributed by atoms with van der Waals surface area (Å²) in [6.45, 7) is 6.22. The lowest BCUT2D eigenvalue weighted by Crippen LogP contribution is -2.49. The van der Waals surface area contributed by atoms with Crippen LogP contribution in [0.25, 0.3) is 11.1 Å². The molecule has 7 heteroatoms. The van der Waals surface area contributed by atoms with Crippen molar-refractivity contribution >= 4 is 12.0 Å². The molecule has 0 radical (unpaired) electrons. The summed E-state index contributed by atoms with van der Waals surface area (Å²) >= 11 is 0. The van der Waals surface area contributed by atoms with Crippen LogP contribution in [-0.2, 0) is 16.6 Å². The number of pyridine rings is 1. The molecule has 30 heavy (non-hydrogen) atoms. The predicted octanol–water partition coefficient (Wildman–Crippen LogP) is 3.15. The molecule has 1 aliphatic heterocycles. The van der Waals surface area contributed by atoms with E-state index in [-0.39, 0.29) is 18.0 Å². The van der Waals surface area contributed by atoms with E-state index in [2.05, 4.69) is 6.58 Å². The molecule has 2 N–H and O–H groups in total. The van der Waals surface area contributed by atoms with E-state index in [0.29, 0.717) is 19.4 Å². The first-order chi connectivity index (χ1) is 14.2. The summed E-state index contributed by atoms with van der Waals surface area (Å²) in [5.74, 6) is -0.429. The number of primary amides is 1. The van der Waals surface area contributed by atoms with Gasteiger partial charge in [0.25, 0.3) is 0 Å². The van der Waals surface area contributed by atoms with Crippen LogP contribution in [0.15, 0.2) is 60.0 Å². The van der Waals surface area contributed by atoms with Gasteiger partial charge in [0, 0.05) is 38.7 Å². The average molecular weight is 409 g/mol. The third-order valence-electron chi connectivity index (χ3n) is 5.75. The van der Waals surface area contributed by atoms with Gasteiger partial charge in [-0.2, -0.15) is 0 Å². The minimum atomic E-state index is -0.852. The first-order valence-corrected chi connectivity index (χ1v) is 9.93. The first-order valence-electron chi connectivity index (χ1n) is 9.93. The maximum atomic E-state index is 12.7. The van der Waals surface area contributed by atoms with Crippen LogP contribution in [0.2, 0.25) is 0 Å². The van der Waals surface area contributed by atoms with Gasteiger partial charge >= 0.3 is 6.09 Å². The fraction of sp³-hybridized carbons (Fsp3) is 0.348. The van der Waals surface area contributed by atoms with Gasteiger partial charge in [0.15, 0.2) is 0 Å². The van der Waals surface area contributed by atoms with Gasteiger partial charge in [0.2, 0.25) is 11.5 Å². The number of cyclic esters (lactones) is 1. The minimum absolute atomic E-state index is 0.0565. The molecule has 7 nitrogen and oxygen atoms in total. The van der Waals surface area contributed by atoms with Crippen LogP contribution in [0.1, 0.15) is 37.8 Å². The lowest BCUT2D eigenvalue weighted by atomic mass is 9.91. The molecule has 1 aromatic carbocycles. The summed E-state index contributed by atoms with van der Waals surface area (Å²) in [7, 11) is 1.72. The highest BCUT2D eigenvalue weighted by atomic mass is 16.6. The third-order valence-corrected chi connectivity index (χ3v) is 5.75. The Labute approximate surface area is 175 Å². The molecule has 0 aliphatic carbocycles. The second-order valence-corrected chi connectivity index (χ2v) is 7.71. The zero-order valence-corrected chi connectivity index (χ0v) is 17.3. The molecule has 0 saturated carbocycles. The number of carbonyl (C=O) groups excluding carboxylic acids is 2.